The van der Waals surface area contributed by atoms with E-state index in [2.05, 4.69) is 0 Å². The molecule has 2 rings (SSSR count). The van der Waals surface area contributed by atoms with Crippen LogP contribution in [0.15, 0.2) is 23.1 Å². The molecule has 0 amide bonds. The summed E-state index contributed by atoms with van der Waals surface area (Å²) in [7, 11) is -4.21. The fourth-order valence-electron chi connectivity index (χ4n) is 2.01. The molecule has 0 aliphatic carbocycles. The number of β-amino-alcohol motifs (C(OH)–C–C–N with tert-alkyl or cyclic N) is 2. The van der Waals surface area contributed by atoms with E-state index in [1.54, 1.807) is 0 Å². The van der Waals surface area contributed by atoms with Crippen LogP contribution in [0.4, 0.5) is 11.4 Å². The van der Waals surface area contributed by atoms with Crippen LogP contribution in [0.25, 0.3) is 0 Å². The Morgan fingerprint density at radius 3 is 2.35 bits per heavy atom. The van der Waals surface area contributed by atoms with Crippen molar-refractivity contribution < 1.29 is 23.6 Å². The number of aliphatic hydroxyl groups excluding tert-OH is 2. The number of nitrogens with zero attached hydrogens (tertiary/aromatic N) is 2. The Morgan fingerprint density at radius 2 is 1.85 bits per heavy atom. The van der Waals surface area contributed by atoms with E-state index in [1.807, 2.05) is 0 Å². The van der Waals surface area contributed by atoms with Gasteiger partial charge in [0, 0.05) is 13.1 Å². The number of sulfonamides is 1. The first-order valence-corrected chi connectivity index (χ1v) is 7.08. The van der Waals surface area contributed by atoms with E-state index in [0.29, 0.717) is 0 Å². The number of hydrogen-bond donors (Lipinski definition) is 3. The molecule has 0 bridgehead atoms. The van der Waals surface area contributed by atoms with Gasteiger partial charge in [0.15, 0.2) is 4.90 Å². The third-order valence-corrected chi connectivity index (χ3v) is 4.92. The smallest absolute Gasteiger partial charge is 0.312 e. The van der Waals surface area contributed by atoms with E-state index in [4.69, 9.17) is 5.73 Å². The summed E-state index contributed by atoms with van der Waals surface area (Å²) in [5, 5.41) is 29.8. The van der Waals surface area contributed by atoms with Gasteiger partial charge in [0.25, 0.3) is 0 Å². The molecule has 20 heavy (non-hydrogen) atoms. The van der Waals surface area contributed by atoms with Crippen molar-refractivity contribution in [2.75, 3.05) is 18.8 Å². The Labute approximate surface area is 114 Å². The molecule has 1 aromatic carbocycles. The zero-order chi connectivity index (χ0) is 15.1. The lowest BCUT2D eigenvalue weighted by Gasteiger charge is -2.15. The highest BCUT2D eigenvalue weighted by atomic mass is 32.2. The van der Waals surface area contributed by atoms with Crippen molar-refractivity contribution in [1.82, 2.24) is 4.31 Å². The quantitative estimate of drug-likeness (QED) is 0.365. The van der Waals surface area contributed by atoms with Crippen molar-refractivity contribution >= 4 is 21.4 Å². The van der Waals surface area contributed by atoms with Crippen molar-refractivity contribution in [2.24, 2.45) is 0 Å². The van der Waals surface area contributed by atoms with Crippen LogP contribution in [-0.4, -0.2) is 53.2 Å². The van der Waals surface area contributed by atoms with Gasteiger partial charge in [-0.25, -0.2) is 8.42 Å². The Balaban J connectivity index is 2.51. The monoisotopic (exact) mass is 303 g/mol. The molecule has 1 heterocycles. The van der Waals surface area contributed by atoms with Crippen LogP contribution in [0.5, 0.6) is 0 Å². The molecule has 2 atom stereocenters. The first-order valence-electron chi connectivity index (χ1n) is 5.64. The van der Waals surface area contributed by atoms with E-state index in [0.717, 1.165) is 10.4 Å². The summed E-state index contributed by atoms with van der Waals surface area (Å²) >= 11 is 0. The number of benzene rings is 1. The van der Waals surface area contributed by atoms with Gasteiger partial charge in [-0.1, -0.05) is 6.07 Å². The van der Waals surface area contributed by atoms with Crippen LogP contribution in [0, 0.1) is 10.1 Å². The van der Waals surface area contributed by atoms with Crippen LogP contribution in [-0.2, 0) is 10.0 Å². The van der Waals surface area contributed by atoms with Gasteiger partial charge in [-0.15, -0.1) is 0 Å². The van der Waals surface area contributed by atoms with Crippen molar-refractivity contribution in [3.8, 4) is 0 Å². The molecule has 1 aliphatic rings. The molecule has 4 N–H and O–H groups in total. The molecule has 9 nitrogen and oxygen atoms in total. The number of hydrogen-bond acceptors (Lipinski definition) is 7. The predicted molar refractivity (Wildman–Crippen MR) is 68.3 cm³/mol. The van der Waals surface area contributed by atoms with Crippen molar-refractivity contribution in [3.05, 3.63) is 28.3 Å². The molecule has 0 spiro atoms. The summed E-state index contributed by atoms with van der Waals surface area (Å²) in [6.45, 7) is -0.648. The summed E-state index contributed by atoms with van der Waals surface area (Å²) < 4.78 is 25.5. The highest BCUT2D eigenvalue weighted by Crippen LogP contribution is 2.33. The highest BCUT2D eigenvalue weighted by molar-refractivity contribution is 7.89. The van der Waals surface area contributed by atoms with Crippen LogP contribution >= 0.6 is 0 Å². The highest BCUT2D eigenvalue weighted by Gasteiger charge is 2.40. The zero-order valence-electron chi connectivity index (χ0n) is 10.2. The van der Waals surface area contributed by atoms with Crippen LogP contribution in [0.2, 0.25) is 0 Å². The van der Waals surface area contributed by atoms with E-state index >= 15 is 0 Å². The molecule has 0 radical (unpaired) electrons. The second-order valence-corrected chi connectivity index (χ2v) is 6.31. The number of nitrogens with two attached hydrogens (primary N) is 1. The molecular formula is C10H13N3O6S. The maximum Gasteiger partial charge on any atom is 0.312 e. The molecule has 1 aliphatic heterocycles. The lowest BCUT2D eigenvalue weighted by Crippen LogP contribution is -2.30. The van der Waals surface area contributed by atoms with Gasteiger partial charge in [-0.3, -0.25) is 10.1 Å². The Morgan fingerprint density at radius 1 is 1.30 bits per heavy atom. The standard InChI is InChI=1S/C10H13N3O6S/c11-6-2-1-3-9(10(6)13(16)17)20(18,19)12-4-7(14)8(15)5-12/h1-3,7-8,14-15H,4-5,11H2. The first-order chi connectivity index (χ1) is 9.25. The Hall–Kier alpha value is -1.75. The molecule has 110 valence electrons. The summed E-state index contributed by atoms with van der Waals surface area (Å²) in [6, 6.07) is 3.59. The number of nitro benzene ring substituents is 1. The van der Waals surface area contributed by atoms with E-state index in [-0.39, 0.29) is 18.8 Å². The minimum absolute atomic E-state index is 0.267. The van der Waals surface area contributed by atoms with Crippen LogP contribution in [0.3, 0.4) is 0 Å². The Bertz CT molecular complexity index is 636. The maximum absolute atomic E-state index is 12.3. The first kappa shape index (κ1) is 14.7. The largest absolute Gasteiger partial charge is 0.393 e. The second-order valence-electron chi connectivity index (χ2n) is 4.41. The summed E-state index contributed by atoms with van der Waals surface area (Å²) in [5.41, 5.74) is 4.48. The zero-order valence-corrected chi connectivity index (χ0v) is 11.0. The summed E-state index contributed by atoms with van der Waals surface area (Å²) in [4.78, 5) is 9.55. The lowest BCUT2D eigenvalue weighted by molar-refractivity contribution is -0.386. The van der Waals surface area contributed by atoms with Gasteiger partial charge in [0.2, 0.25) is 10.0 Å². The average Bonchev–Trinajstić information content (AvgIpc) is 2.69. The average molecular weight is 303 g/mol. The minimum Gasteiger partial charge on any atom is -0.393 e. The number of para-hydroxylation sites is 1. The molecule has 1 saturated heterocycles. The van der Waals surface area contributed by atoms with Gasteiger partial charge >= 0.3 is 5.69 Å². The van der Waals surface area contributed by atoms with Gasteiger partial charge in [-0.05, 0) is 12.1 Å². The molecular weight excluding hydrogens is 290 g/mol. The van der Waals surface area contributed by atoms with Crippen LogP contribution < -0.4 is 5.73 Å². The third kappa shape index (κ3) is 2.33. The van der Waals surface area contributed by atoms with Gasteiger partial charge in [-0.2, -0.15) is 4.31 Å². The van der Waals surface area contributed by atoms with Crippen LogP contribution in [0.1, 0.15) is 0 Å². The topological polar surface area (TPSA) is 147 Å². The molecule has 0 aromatic heterocycles. The van der Waals surface area contributed by atoms with Crippen molar-refractivity contribution in [2.45, 2.75) is 17.1 Å². The minimum atomic E-state index is -4.21. The molecule has 1 aromatic rings. The number of aliphatic hydroxyl groups is 2. The van der Waals surface area contributed by atoms with Crippen molar-refractivity contribution in [1.29, 1.82) is 0 Å². The number of nitrogen functional groups attached to an aromatic ring is 1. The summed E-state index contributed by atoms with van der Waals surface area (Å²) in [5.74, 6) is 0. The van der Waals surface area contributed by atoms with E-state index in [9.17, 15) is 28.7 Å². The lowest BCUT2D eigenvalue weighted by atomic mass is 10.3. The molecule has 1 fully saturated rings. The van der Waals surface area contributed by atoms with E-state index < -0.39 is 37.7 Å². The van der Waals surface area contributed by atoms with Gasteiger partial charge in [0.1, 0.15) is 5.69 Å². The number of nitro groups is 1. The fourth-order valence-corrected chi connectivity index (χ4v) is 3.68. The summed E-state index contributed by atoms with van der Waals surface area (Å²) in [6.07, 6.45) is -2.44. The number of rotatable bonds is 3. The SMILES string of the molecule is Nc1cccc(S(=O)(=O)N2CC(O)C(O)C2)c1[N+](=O)[O-]. The maximum atomic E-state index is 12.3. The fraction of sp³-hybridized carbons (Fsp3) is 0.400. The Kier molecular flexibility index (Phi) is 3.65. The second kappa shape index (κ2) is 4.98. The molecule has 10 heteroatoms. The molecule has 2 unspecified atom stereocenters. The third-order valence-electron chi connectivity index (χ3n) is 3.06. The normalized spacial score (nSPS) is 23.9. The number of anilines is 1. The predicted octanol–water partition coefficient (Wildman–Crippen LogP) is -1.10. The van der Waals surface area contributed by atoms with Crippen molar-refractivity contribution in [3.63, 3.8) is 0 Å². The van der Waals surface area contributed by atoms with Gasteiger partial charge < -0.3 is 15.9 Å². The van der Waals surface area contributed by atoms with E-state index in [1.165, 1.54) is 12.1 Å². The van der Waals surface area contributed by atoms with Gasteiger partial charge in [0.05, 0.1) is 17.1 Å². The molecule has 0 saturated carbocycles.